The number of piperidine rings is 1. The maximum Gasteiger partial charge on any atom is 0.260 e. The SMILES string of the molecule is COc1cccc(CNC(=O)[C@@]2(C)CCCN(C(=O)COc3ccc(F)cc3)C2)c1. The summed E-state index contributed by atoms with van der Waals surface area (Å²) in [7, 11) is 1.60. The van der Waals surface area contributed by atoms with Crippen LogP contribution >= 0.6 is 0 Å². The molecule has 2 amide bonds. The minimum atomic E-state index is -0.664. The summed E-state index contributed by atoms with van der Waals surface area (Å²) in [4.78, 5) is 27.1. The average Bonchev–Trinajstić information content (AvgIpc) is 2.77. The summed E-state index contributed by atoms with van der Waals surface area (Å²) in [5.41, 5.74) is 0.283. The van der Waals surface area contributed by atoms with Gasteiger partial charge in [0.2, 0.25) is 5.91 Å². The van der Waals surface area contributed by atoms with Crippen LogP contribution in [0.1, 0.15) is 25.3 Å². The molecule has 0 spiro atoms. The van der Waals surface area contributed by atoms with E-state index in [1.807, 2.05) is 31.2 Å². The molecule has 2 aromatic rings. The van der Waals surface area contributed by atoms with Gasteiger partial charge in [0.15, 0.2) is 6.61 Å². The van der Waals surface area contributed by atoms with E-state index < -0.39 is 5.41 Å². The molecule has 160 valence electrons. The number of amides is 2. The molecule has 0 bridgehead atoms. The van der Waals surface area contributed by atoms with Gasteiger partial charge in [-0.25, -0.2) is 4.39 Å². The number of hydrogen-bond acceptors (Lipinski definition) is 4. The van der Waals surface area contributed by atoms with Crippen molar-refractivity contribution >= 4 is 11.8 Å². The summed E-state index contributed by atoms with van der Waals surface area (Å²) < 4.78 is 23.6. The molecule has 7 heteroatoms. The maximum absolute atomic E-state index is 13.0. The first-order chi connectivity index (χ1) is 14.4. The Bertz CT molecular complexity index is 887. The molecule has 6 nitrogen and oxygen atoms in total. The van der Waals surface area contributed by atoms with E-state index in [1.54, 1.807) is 12.0 Å². The molecule has 0 unspecified atom stereocenters. The van der Waals surface area contributed by atoms with Gasteiger partial charge in [0.25, 0.3) is 5.91 Å². The molecule has 0 saturated carbocycles. The van der Waals surface area contributed by atoms with E-state index in [2.05, 4.69) is 5.32 Å². The summed E-state index contributed by atoms with van der Waals surface area (Å²) >= 11 is 0. The van der Waals surface area contributed by atoms with Gasteiger partial charge in [0.1, 0.15) is 17.3 Å². The van der Waals surface area contributed by atoms with Crippen LogP contribution in [0.3, 0.4) is 0 Å². The first kappa shape index (κ1) is 21.6. The third kappa shape index (κ3) is 5.49. The summed E-state index contributed by atoms with van der Waals surface area (Å²) in [6, 6.07) is 13.1. The fourth-order valence-electron chi connectivity index (χ4n) is 3.58. The number of likely N-dealkylation sites (tertiary alicyclic amines) is 1. The Morgan fingerprint density at radius 3 is 2.67 bits per heavy atom. The number of ether oxygens (including phenoxy) is 2. The highest BCUT2D eigenvalue weighted by molar-refractivity contribution is 5.84. The van der Waals surface area contributed by atoms with Crippen LogP contribution in [0.25, 0.3) is 0 Å². The molecule has 0 aliphatic carbocycles. The van der Waals surface area contributed by atoms with E-state index >= 15 is 0 Å². The molecule has 1 N–H and O–H groups in total. The van der Waals surface area contributed by atoms with Gasteiger partial charge in [-0.1, -0.05) is 12.1 Å². The molecule has 1 aliphatic rings. The van der Waals surface area contributed by atoms with Gasteiger partial charge >= 0.3 is 0 Å². The van der Waals surface area contributed by atoms with Gasteiger partial charge in [-0.05, 0) is 61.7 Å². The Balaban J connectivity index is 1.54. The highest BCUT2D eigenvalue weighted by atomic mass is 19.1. The van der Waals surface area contributed by atoms with Gasteiger partial charge in [-0.2, -0.15) is 0 Å². The third-order valence-electron chi connectivity index (χ3n) is 5.36. The Labute approximate surface area is 176 Å². The molecular weight excluding hydrogens is 387 g/mol. The molecule has 1 fully saturated rings. The second-order valence-electron chi connectivity index (χ2n) is 7.76. The van der Waals surface area contributed by atoms with Crippen LogP contribution in [0, 0.1) is 11.2 Å². The highest BCUT2D eigenvalue weighted by Crippen LogP contribution is 2.30. The molecule has 0 aromatic heterocycles. The minimum absolute atomic E-state index is 0.0812. The van der Waals surface area contributed by atoms with E-state index in [1.165, 1.54) is 24.3 Å². The van der Waals surface area contributed by atoms with Gasteiger partial charge < -0.3 is 19.7 Å². The van der Waals surface area contributed by atoms with Crippen molar-refractivity contribution in [2.75, 3.05) is 26.8 Å². The first-order valence-electron chi connectivity index (χ1n) is 9.97. The van der Waals surface area contributed by atoms with E-state index in [-0.39, 0.29) is 24.2 Å². The van der Waals surface area contributed by atoms with E-state index in [9.17, 15) is 14.0 Å². The van der Waals surface area contributed by atoms with Crippen LogP contribution in [0.15, 0.2) is 48.5 Å². The van der Waals surface area contributed by atoms with Crippen LogP contribution in [0.4, 0.5) is 4.39 Å². The quantitative estimate of drug-likeness (QED) is 0.756. The molecule has 2 aromatic carbocycles. The summed E-state index contributed by atoms with van der Waals surface area (Å²) in [6.07, 6.45) is 1.45. The van der Waals surface area contributed by atoms with Gasteiger partial charge in [0, 0.05) is 19.6 Å². The highest BCUT2D eigenvalue weighted by Gasteiger charge is 2.39. The number of carbonyl (C=O) groups is 2. The Hall–Kier alpha value is -3.09. The van der Waals surface area contributed by atoms with E-state index in [0.29, 0.717) is 31.8 Å². The van der Waals surface area contributed by atoms with Crippen LogP contribution in [0.5, 0.6) is 11.5 Å². The number of nitrogens with one attached hydrogen (secondary N) is 1. The van der Waals surface area contributed by atoms with Crippen molar-refractivity contribution in [3.05, 3.63) is 59.9 Å². The number of halogens is 1. The monoisotopic (exact) mass is 414 g/mol. The number of nitrogens with zero attached hydrogens (tertiary/aromatic N) is 1. The number of carbonyl (C=O) groups excluding carboxylic acids is 2. The van der Waals surface area contributed by atoms with E-state index in [4.69, 9.17) is 9.47 Å². The molecular formula is C23H27FN2O4. The molecule has 1 heterocycles. The minimum Gasteiger partial charge on any atom is -0.497 e. The zero-order chi connectivity index (χ0) is 21.6. The van der Waals surface area contributed by atoms with Gasteiger partial charge in [-0.15, -0.1) is 0 Å². The fourth-order valence-corrected chi connectivity index (χ4v) is 3.58. The third-order valence-corrected chi connectivity index (χ3v) is 5.36. The summed E-state index contributed by atoms with van der Waals surface area (Å²) in [5, 5.41) is 2.98. The van der Waals surface area contributed by atoms with Crippen LogP contribution < -0.4 is 14.8 Å². The lowest BCUT2D eigenvalue weighted by molar-refractivity contribution is -0.142. The molecule has 3 rings (SSSR count). The predicted molar refractivity (Wildman–Crippen MR) is 111 cm³/mol. The number of rotatable bonds is 7. The molecule has 1 aliphatic heterocycles. The second kappa shape index (κ2) is 9.61. The standard InChI is InChI=1S/C23H27FN2O4/c1-23(22(28)25-14-17-5-3-6-20(13-17)29-2)11-4-12-26(16-23)21(27)15-30-19-9-7-18(24)8-10-19/h3,5-10,13H,4,11-12,14-16H2,1-2H3,(H,25,28)/t23-/m0/s1. The van der Waals surface area contributed by atoms with Crippen molar-refractivity contribution in [1.29, 1.82) is 0 Å². The molecule has 0 radical (unpaired) electrons. The first-order valence-corrected chi connectivity index (χ1v) is 9.97. The van der Waals surface area contributed by atoms with Crippen molar-refractivity contribution in [2.45, 2.75) is 26.3 Å². The topological polar surface area (TPSA) is 67.9 Å². The largest absolute Gasteiger partial charge is 0.497 e. The Kier molecular flexibility index (Phi) is 6.92. The number of hydrogen-bond donors (Lipinski definition) is 1. The predicted octanol–water partition coefficient (Wildman–Crippen LogP) is 3.16. The molecule has 1 atom stereocenters. The average molecular weight is 414 g/mol. The smallest absolute Gasteiger partial charge is 0.260 e. The molecule has 30 heavy (non-hydrogen) atoms. The zero-order valence-electron chi connectivity index (χ0n) is 17.3. The lowest BCUT2D eigenvalue weighted by atomic mass is 9.81. The van der Waals surface area contributed by atoms with Crippen molar-refractivity contribution < 1.29 is 23.5 Å². The summed E-state index contributed by atoms with van der Waals surface area (Å²) in [5.74, 6) is 0.539. The van der Waals surface area contributed by atoms with Gasteiger partial charge in [-0.3, -0.25) is 9.59 Å². The van der Waals surface area contributed by atoms with Crippen LogP contribution in [-0.4, -0.2) is 43.5 Å². The van der Waals surface area contributed by atoms with Crippen molar-refractivity contribution in [3.8, 4) is 11.5 Å². The second-order valence-corrected chi connectivity index (χ2v) is 7.76. The Morgan fingerprint density at radius 1 is 1.17 bits per heavy atom. The normalized spacial score (nSPS) is 18.6. The Morgan fingerprint density at radius 2 is 1.93 bits per heavy atom. The van der Waals surface area contributed by atoms with E-state index in [0.717, 1.165) is 17.7 Å². The van der Waals surface area contributed by atoms with Crippen molar-refractivity contribution in [1.82, 2.24) is 10.2 Å². The maximum atomic E-state index is 13.0. The van der Waals surface area contributed by atoms with Crippen LogP contribution in [0.2, 0.25) is 0 Å². The summed E-state index contributed by atoms with van der Waals surface area (Å²) in [6.45, 7) is 3.06. The molecule has 1 saturated heterocycles. The van der Waals surface area contributed by atoms with Gasteiger partial charge in [0.05, 0.1) is 12.5 Å². The zero-order valence-corrected chi connectivity index (χ0v) is 17.3. The lowest BCUT2D eigenvalue weighted by Gasteiger charge is -2.39. The van der Waals surface area contributed by atoms with Crippen molar-refractivity contribution in [2.24, 2.45) is 5.41 Å². The van der Waals surface area contributed by atoms with Crippen molar-refractivity contribution in [3.63, 3.8) is 0 Å². The number of methoxy groups -OCH3 is 1. The van der Waals surface area contributed by atoms with Crippen LogP contribution in [-0.2, 0) is 16.1 Å². The number of benzene rings is 2. The fraction of sp³-hybridized carbons (Fsp3) is 0.391. The lowest BCUT2D eigenvalue weighted by Crippen LogP contribution is -2.52.